The fourth-order valence-electron chi connectivity index (χ4n) is 4.13. The maximum atomic E-state index is 13.1. The summed E-state index contributed by atoms with van der Waals surface area (Å²) in [6.07, 6.45) is 2.09. The van der Waals surface area contributed by atoms with Crippen LogP contribution in [-0.4, -0.2) is 39.5 Å². The summed E-state index contributed by atoms with van der Waals surface area (Å²) in [7, 11) is 0. The molecule has 0 spiro atoms. The van der Waals surface area contributed by atoms with Crippen molar-refractivity contribution < 1.29 is 4.79 Å². The van der Waals surface area contributed by atoms with Crippen molar-refractivity contribution in [1.29, 1.82) is 0 Å². The van der Waals surface area contributed by atoms with Gasteiger partial charge in [-0.05, 0) is 45.2 Å². The first-order chi connectivity index (χ1) is 12.0. The highest BCUT2D eigenvalue weighted by Crippen LogP contribution is 2.30. The molecular formula is C20H26N4O. The van der Waals surface area contributed by atoms with E-state index in [2.05, 4.69) is 53.4 Å². The molecule has 0 aliphatic carbocycles. The molecule has 2 aromatic rings. The SMILES string of the molecule is Cc1nc2n(c1C)CCN(CC(=O)N1c3ccccc3CC[C@@H]1C)C2. The van der Waals surface area contributed by atoms with Crippen LogP contribution in [0.4, 0.5) is 5.69 Å². The molecule has 3 heterocycles. The van der Waals surface area contributed by atoms with Crippen LogP contribution in [0.3, 0.4) is 0 Å². The van der Waals surface area contributed by atoms with E-state index in [9.17, 15) is 4.79 Å². The Morgan fingerprint density at radius 1 is 1.24 bits per heavy atom. The van der Waals surface area contributed by atoms with Gasteiger partial charge in [0, 0.05) is 30.5 Å². The van der Waals surface area contributed by atoms with Crippen LogP contribution in [0.1, 0.15) is 36.1 Å². The van der Waals surface area contributed by atoms with Crippen LogP contribution < -0.4 is 4.90 Å². The first-order valence-electron chi connectivity index (χ1n) is 9.19. The predicted molar refractivity (Wildman–Crippen MR) is 98.7 cm³/mol. The van der Waals surface area contributed by atoms with Gasteiger partial charge in [-0.1, -0.05) is 18.2 Å². The van der Waals surface area contributed by atoms with Crippen LogP contribution in [0.5, 0.6) is 0 Å². The van der Waals surface area contributed by atoms with E-state index in [1.165, 1.54) is 11.3 Å². The Kier molecular flexibility index (Phi) is 4.12. The van der Waals surface area contributed by atoms with Crippen LogP contribution in [0, 0.1) is 13.8 Å². The van der Waals surface area contributed by atoms with Gasteiger partial charge in [0.25, 0.3) is 0 Å². The van der Waals surface area contributed by atoms with Crippen LogP contribution in [0.25, 0.3) is 0 Å². The minimum Gasteiger partial charge on any atom is -0.330 e. The number of aryl methyl sites for hydroxylation is 2. The van der Waals surface area contributed by atoms with Gasteiger partial charge in [-0.15, -0.1) is 0 Å². The summed E-state index contributed by atoms with van der Waals surface area (Å²) in [5.74, 6) is 1.29. The molecule has 4 rings (SSSR count). The molecule has 132 valence electrons. The van der Waals surface area contributed by atoms with Gasteiger partial charge in [-0.2, -0.15) is 0 Å². The fourth-order valence-corrected chi connectivity index (χ4v) is 4.13. The van der Waals surface area contributed by atoms with E-state index in [1.54, 1.807) is 0 Å². The van der Waals surface area contributed by atoms with Gasteiger partial charge in [0.05, 0.1) is 18.8 Å². The largest absolute Gasteiger partial charge is 0.330 e. The van der Waals surface area contributed by atoms with Crippen molar-refractivity contribution in [2.75, 3.05) is 18.0 Å². The smallest absolute Gasteiger partial charge is 0.241 e. The van der Waals surface area contributed by atoms with Gasteiger partial charge in [0.1, 0.15) is 5.82 Å². The summed E-state index contributed by atoms with van der Waals surface area (Å²) in [4.78, 5) is 22.0. The summed E-state index contributed by atoms with van der Waals surface area (Å²) < 4.78 is 2.29. The molecule has 2 aliphatic heterocycles. The molecule has 0 unspecified atom stereocenters. The molecule has 0 N–H and O–H groups in total. The molecule has 2 aliphatic rings. The van der Waals surface area contributed by atoms with Crippen LogP contribution in [0.2, 0.25) is 0 Å². The van der Waals surface area contributed by atoms with E-state index in [0.29, 0.717) is 6.54 Å². The highest BCUT2D eigenvalue weighted by Gasteiger charge is 2.30. The van der Waals surface area contributed by atoms with Crippen molar-refractivity contribution in [2.45, 2.75) is 52.7 Å². The zero-order chi connectivity index (χ0) is 17.6. The van der Waals surface area contributed by atoms with E-state index in [1.807, 2.05) is 11.0 Å². The Labute approximate surface area is 149 Å². The Bertz CT molecular complexity index is 810. The van der Waals surface area contributed by atoms with Crippen LogP contribution in [0.15, 0.2) is 24.3 Å². The molecule has 0 saturated heterocycles. The second-order valence-electron chi connectivity index (χ2n) is 7.34. The molecule has 0 saturated carbocycles. The number of hydrogen-bond donors (Lipinski definition) is 0. The van der Waals surface area contributed by atoms with Crippen molar-refractivity contribution >= 4 is 11.6 Å². The van der Waals surface area contributed by atoms with Gasteiger partial charge in [0.15, 0.2) is 0 Å². The van der Waals surface area contributed by atoms with Crippen LogP contribution >= 0.6 is 0 Å². The van der Waals surface area contributed by atoms with Crippen molar-refractivity contribution in [3.05, 3.63) is 47.0 Å². The molecule has 1 aromatic carbocycles. The maximum Gasteiger partial charge on any atom is 0.241 e. The molecule has 0 bridgehead atoms. The lowest BCUT2D eigenvalue weighted by Crippen LogP contribution is -2.48. The summed E-state index contributed by atoms with van der Waals surface area (Å²) in [6, 6.07) is 8.58. The third kappa shape index (κ3) is 2.86. The van der Waals surface area contributed by atoms with Crippen molar-refractivity contribution in [2.24, 2.45) is 0 Å². The van der Waals surface area contributed by atoms with Crippen LogP contribution in [-0.2, 0) is 24.3 Å². The number of carbonyl (C=O) groups is 1. The number of hydrogen-bond acceptors (Lipinski definition) is 3. The molecule has 5 heteroatoms. The normalized spacial score (nSPS) is 20.3. The van der Waals surface area contributed by atoms with E-state index >= 15 is 0 Å². The van der Waals surface area contributed by atoms with Crippen molar-refractivity contribution in [1.82, 2.24) is 14.5 Å². The fraction of sp³-hybridized carbons (Fsp3) is 0.500. The molecule has 0 radical (unpaired) electrons. The zero-order valence-corrected chi connectivity index (χ0v) is 15.3. The number of imidazole rings is 1. The number of fused-ring (bicyclic) bond motifs is 2. The minimum absolute atomic E-state index is 0.202. The Morgan fingerprint density at radius 2 is 2.04 bits per heavy atom. The number of amides is 1. The number of benzene rings is 1. The molecule has 0 fully saturated rings. The van der Waals surface area contributed by atoms with E-state index in [-0.39, 0.29) is 11.9 Å². The lowest BCUT2D eigenvalue weighted by molar-refractivity contribution is -0.120. The first kappa shape index (κ1) is 16.3. The lowest BCUT2D eigenvalue weighted by atomic mass is 9.96. The third-order valence-electron chi connectivity index (χ3n) is 5.69. The molecule has 1 aromatic heterocycles. The first-order valence-corrected chi connectivity index (χ1v) is 9.19. The van der Waals surface area contributed by atoms with Gasteiger partial charge in [-0.3, -0.25) is 9.69 Å². The quantitative estimate of drug-likeness (QED) is 0.845. The number of para-hydroxylation sites is 1. The van der Waals surface area contributed by atoms with E-state index in [0.717, 1.165) is 49.7 Å². The molecular weight excluding hydrogens is 312 g/mol. The zero-order valence-electron chi connectivity index (χ0n) is 15.3. The van der Waals surface area contributed by atoms with Gasteiger partial charge in [-0.25, -0.2) is 4.98 Å². The standard InChI is InChI=1S/C20H26N4O/c1-14-8-9-17-6-4-5-7-18(17)24(14)20(25)13-22-10-11-23-16(3)15(2)21-19(23)12-22/h4-7,14H,8-13H2,1-3H3/t14-/m0/s1. The number of rotatable bonds is 2. The summed E-state index contributed by atoms with van der Waals surface area (Å²) in [5, 5.41) is 0. The minimum atomic E-state index is 0.202. The Hall–Kier alpha value is -2.14. The predicted octanol–water partition coefficient (Wildman–Crippen LogP) is 2.68. The Morgan fingerprint density at radius 3 is 2.88 bits per heavy atom. The molecule has 5 nitrogen and oxygen atoms in total. The monoisotopic (exact) mass is 338 g/mol. The molecule has 1 atom stereocenters. The number of carbonyl (C=O) groups excluding carboxylic acids is 1. The molecule has 1 amide bonds. The summed E-state index contributed by atoms with van der Waals surface area (Å²) >= 11 is 0. The number of nitrogens with zero attached hydrogens (tertiary/aromatic N) is 4. The maximum absolute atomic E-state index is 13.1. The highest BCUT2D eigenvalue weighted by molar-refractivity contribution is 5.96. The third-order valence-corrected chi connectivity index (χ3v) is 5.69. The topological polar surface area (TPSA) is 41.4 Å². The van der Waals surface area contributed by atoms with E-state index < -0.39 is 0 Å². The average molecular weight is 338 g/mol. The number of aromatic nitrogens is 2. The molecule has 25 heavy (non-hydrogen) atoms. The summed E-state index contributed by atoms with van der Waals surface area (Å²) in [6.45, 7) is 9.37. The Balaban J connectivity index is 1.51. The van der Waals surface area contributed by atoms with Gasteiger partial charge >= 0.3 is 0 Å². The highest BCUT2D eigenvalue weighted by atomic mass is 16.2. The van der Waals surface area contributed by atoms with Gasteiger partial charge in [0.2, 0.25) is 5.91 Å². The van der Waals surface area contributed by atoms with Crippen molar-refractivity contribution in [3.8, 4) is 0 Å². The van der Waals surface area contributed by atoms with Crippen molar-refractivity contribution in [3.63, 3.8) is 0 Å². The second kappa shape index (κ2) is 6.30. The second-order valence-corrected chi connectivity index (χ2v) is 7.34. The lowest BCUT2D eigenvalue weighted by Gasteiger charge is -2.37. The van der Waals surface area contributed by atoms with E-state index in [4.69, 9.17) is 0 Å². The van der Waals surface area contributed by atoms with Gasteiger partial charge < -0.3 is 9.47 Å². The number of anilines is 1. The average Bonchev–Trinajstić information content (AvgIpc) is 2.88. The summed E-state index contributed by atoms with van der Waals surface area (Å²) in [5.41, 5.74) is 4.73.